The van der Waals surface area contributed by atoms with Crippen LogP contribution in [0, 0.1) is 0 Å². The van der Waals surface area contributed by atoms with Gasteiger partial charge in [0, 0.05) is 37.9 Å². The SMILES string of the molecule is CCc1ccc(C(=O)Nc2cccnc2N2CCCCC2)cc1S(=O)(=O)N1CCOCC1. The molecule has 0 aliphatic carbocycles. The number of pyridine rings is 1. The zero-order valence-corrected chi connectivity index (χ0v) is 19.2. The summed E-state index contributed by atoms with van der Waals surface area (Å²) in [5, 5.41) is 2.95. The van der Waals surface area contributed by atoms with Crippen LogP contribution in [-0.2, 0) is 21.2 Å². The Bertz CT molecular complexity index is 1060. The number of nitrogens with zero attached hydrogens (tertiary/aromatic N) is 3. The second-order valence-corrected chi connectivity index (χ2v) is 9.98. The van der Waals surface area contributed by atoms with E-state index < -0.39 is 10.0 Å². The quantitative estimate of drug-likeness (QED) is 0.716. The lowest BCUT2D eigenvalue weighted by Gasteiger charge is -2.29. The van der Waals surface area contributed by atoms with Crippen molar-refractivity contribution in [3.63, 3.8) is 0 Å². The number of nitrogens with one attached hydrogen (secondary N) is 1. The molecule has 32 heavy (non-hydrogen) atoms. The summed E-state index contributed by atoms with van der Waals surface area (Å²) >= 11 is 0. The number of ether oxygens (including phenoxy) is 1. The van der Waals surface area contributed by atoms with Gasteiger partial charge in [-0.15, -0.1) is 0 Å². The van der Waals surface area contributed by atoms with Gasteiger partial charge in [-0.05, 0) is 55.5 Å². The van der Waals surface area contributed by atoms with Crippen LogP contribution in [0.3, 0.4) is 0 Å². The minimum Gasteiger partial charge on any atom is -0.379 e. The summed E-state index contributed by atoms with van der Waals surface area (Å²) in [5.41, 5.74) is 1.64. The summed E-state index contributed by atoms with van der Waals surface area (Å²) in [7, 11) is -3.71. The Hall–Kier alpha value is -2.49. The predicted molar refractivity (Wildman–Crippen MR) is 124 cm³/mol. The summed E-state index contributed by atoms with van der Waals surface area (Å²) < 4.78 is 33.3. The molecule has 0 unspecified atom stereocenters. The predicted octanol–water partition coefficient (Wildman–Crippen LogP) is 2.91. The van der Waals surface area contributed by atoms with E-state index in [9.17, 15) is 13.2 Å². The first-order chi connectivity index (χ1) is 15.5. The third-order valence-corrected chi connectivity index (χ3v) is 7.97. The molecule has 8 nitrogen and oxygen atoms in total. The van der Waals surface area contributed by atoms with E-state index in [1.807, 2.05) is 13.0 Å². The van der Waals surface area contributed by atoms with Crippen molar-refractivity contribution in [1.29, 1.82) is 0 Å². The summed E-state index contributed by atoms with van der Waals surface area (Å²) in [5.74, 6) is 0.407. The van der Waals surface area contributed by atoms with Crippen LogP contribution >= 0.6 is 0 Å². The van der Waals surface area contributed by atoms with E-state index in [4.69, 9.17) is 4.74 Å². The normalized spacial score (nSPS) is 17.8. The van der Waals surface area contributed by atoms with Crippen LogP contribution in [0.5, 0.6) is 0 Å². The summed E-state index contributed by atoms with van der Waals surface area (Å²) in [6.07, 6.45) is 5.69. The Morgan fingerprint density at radius 2 is 1.84 bits per heavy atom. The lowest BCUT2D eigenvalue weighted by molar-refractivity contribution is 0.0730. The molecule has 2 saturated heterocycles. The van der Waals surface area contributed by atoms with Crippen molar-refractivity contribution in [3.8, 4) is 0 Å². The topological polar surface area (TPSA) is 91.8 Å². The van der Waals surface area contributed by atoms with Gasteiger partial charge in [-0.2, -0.15) is 4.31 Å². The van der Waals surface area contributed by atoms with E-state index in [2.05, 4.69) is 15.2 Å². The first kappa shape index (κ1) is 22.7. The lowest BCUT2D eigenvalue weighted by Crippen LogP contribution is -2.41. The van der Waals surface area contributed by atoms with E-state index >= 15 is 0 Å². The molecule has 0 atom stereocenters. The maximum atomic E-state index is 13.3. The molecule has 1 amide bonds. The first-order valence-electron chi connectivity index (χ1n) is 11.2. The van der Waals surface area contributed by atoms with Crippen LogP contribution in [0.25, 0.3) is 0 Å². The fraction of sp³-hybridized carbons (Fsp3) is 0.478. The van der Waals surface area contributed by atoms with Crippen molar-refractivity contribution >= 4 is 27.4 Å². The number of carbonyl (C=O) groups excluding carboxylic acids is 1. The molecular formula is C23H30N4O4S. The monoisotopic (exact) mass is 458 g/mol. The fourth-order valence-corrected chi connectivity index (χ4v) is 5.93. The smallest absolute Gasteiger partial charge is 0.255 e. The summed E-state index contributed by atoms with van der Waals surface area (Å²) in [6.45, 7) is 5.11. The number of amides is 1. The number of benzene rings is 1. The lowest BCUT2D eigenvalue weighted by atomic mass is 10.1. The number of hydrogen-bond acceptors (Lipinski definition) is 6. The van der Waals surface area contributed by atoms with Gasteiger partial charge in [0.15, 0.2) is 5.82 Å². The standard InChI is InChI=1S/C23H30N4O4S/c1-2-18-8-9-19(17-21(18)32(29,30)27-13-15-31-16-14-27)23(28)25-20-7-6-10-24-22(20)26-11-4-3-5-12-26/h6-10,17H,2-5,11-16H2,1H3,(H,25,28). The number of sulfonamides is 1. The zero-order chi connectivity index (χ0) is 22.6. The number of piperidine rings is 1. The number of rotatable bonds is 6. The molecule has 1 aromatic heterocycles. The van der Waals surface area contributed by atoms with E-state index in [1.165, 1.54) is 16.8 Å². The molecule has 172 valence electrons. The van der Waals surface area contributed by atoms with Gasteiger partial charge in [0.05, 0.1) is 23.8 Å². The third kappa shape index (κ3) is 4.79. The molecule has 2 fully saturated rings. The van der Waals surface area contributed by atoms with Crippen LogP contribution in [0.4, 0.5) is 11.5 Å². The highest BCUT2D eigenvalue weighted by Crippen LogP contribution is 2.28. The molecular weight excluding hydrogens is 428 g/mol. The van der Waals surface area contributed by atoms with Crippen molar-refractivity contribution < 1.29 is 17.9 Å². The van der Waals surface area contributed by atoms with E-state index in [-0.39, 0.29) is 10.8 Å². The van der Waals surface area contributed by atoms with Gasteiger partial charge in [-0.25, -0.2) is 13.4 Å². The minimum atomic E-state index is -3.71. The summed E-state index contributed by atoms with van der Waals surface area (Å²) in [6, 6.07) is 8.54. The zero-order valence-electron chi connectivity index (χ0n) is 18.4. The Labute approximate surface area is 189 Å². The van der Waals surface area contributed by atoms with Crippen LogP contribution in [0.15, 0.2) is 41.4 Å². The highest BCUT2D eigenvalue weighted by Gasteiger charge is 2.29. The average Bonchev–Trinajstić information content (AvgIpc) is 2.85. The number of morpholine rings is 1. The highest BCUT2D eigenvalue weighted by atomic mass is 32.2. The highest BCUT2D eigenvalue weighted by molar-refractivity contribution is 7.89. The summed E-state index contributed by atoms with van der Waals surface area (Å²) in [4.78, 5) is 20.0. The molecule has 0 saturated carbocycles. The van der Waals surface area contributed by atoms with Crippen molar-refractivity contribution in [2.45, 2.75) is 37.5 Å². The number of hydrogen-bond donors (Lipinski definition) is 1. The van der Waals surface area contributed by atoms with Crippen LogP contribution in [0.2, 0.25) is 0 Å². The van der Waals surface area contributed by atoms with Crippen molar-refractivity contribution in [2.75, 3.05) is 49.6 Å². The van der Waals surface area contributed by atoms with Crippen LogP contribution in [-0.4, -0.2) is 63.0 Å². The first-order valence-corrected chi connectivity index (χ1v) is 12.7. The maximum absolute atomic E-state index is 13.3. The molecule has 0 spiro atoms. The number of aryl methyl sites for hydroxylation is 1. The largest absolute Gasteiger partial charge is 0.379 e. The Morgan fingerprint density at radius 1 is 1.09 bits per heavy atom. The number of aromatic nitrogens is 1. The molecule has 9 heteroatoms. The second kappa shape index (κ2) is 9.97. The number of carbonyl (C=O) groups is 1. The molecule has 0 bridgehead atoms. The van der Waals surface area contributed by atoms with Gasteiger partial charge in [0.1, 0.15) is 0 Å². The molecule has 1 aromatic carbocycles. The third-order valence-electron chi connectivity index (χ3n) is 5.99. The van der Waals surface area contributed by atoms with Gasteiger partial charge in [0.25, 0.3) is 5.91 Å². The van der Waals surface area contributed by atoms with Crippen LogP contribution in [0.1, 0.15) is 42.1 Å². The van der Waals surface area contributed by atoms with Gasteiger partial charge in [0.2, 0.25) is 10.0 Å². The van der Waals surface area contributed by atoms with Gasteiger partial charge >= 0.3 is 0 Å². The van der Waals surface area contributed by atoms with Gasteiger partial charge in [-0.1, -0.05) is 13.0 Å². The molecule has 4 rings (SSSR count). The van der Waals surface area contributed by atoms with Gasteiger partial charge in [-0.3, -0.25) is 4.79 Å². The molecule has 0 radical (unpaired) electrons. The molecule has 1 N–H and O–H groups in total. The minimum absolute atomic E-state index is 0.192. The number of anilines is 2. The molecule has 2 aliphatic heterocycles. The molecule has 3 heterocycles. The van der Waals surface area contributed by atoms with Crippen molar-refractivity contribution in [3.05, 3.63) is 47.7 Å². The van der Waals surface area contributed by atoms with Crippen molar-refractivity contribution in [2.24, 2.45) is 0 Å². The molecule has 2 aliphatic rings. The average molecular weight is 459 g/mol. The Balaban J connectivity index is 1.61. The maximum Gasteiger partial charge on any atom is 0.255 e. The Kier molecular flexibility index (Phi) is 7.07. The Morgan fingerprint density at radius 3 is 2.56 bits per heavy atom. The second-order valence-electron chi connectivity index (χ2n) is 8.07. The fourth-order valence-electron chi connectivity index (χ4n) is 4.20. The van der Waals surface area contributed by atoms with Crippen molar-refractivity contribution in [1.82, 2.24) is 9.29 Å². The van der Waals surface area contributed by atoms with E-state index in [1.54, 1.807) is 24.4 Å². The van der Waals surface area contributed by atoms with Gasteiger partial charge < -0.3 is 15.0 Å². The van der Waals surface area contributed by atoms with E-state index in [0.29, 0.717) is 49.5 Å². The van der Waals surface area contributed by atoms with E-state index in [0.717, 1.165) is 31.7 Å². The van der Waals surface area contributed by atoms with Crippen LogP contribution < -0.4 is 10.2 Å². The molecule has 2 aromatic rings.